The van der Waals surface area contributed by atoms with E-state index in [0.717, 1.165) is 41.9 Å². The van der Waals surface area contributed by atoms with Gasteiger partial charge in [0, 0.05) is 19.3 Å². The van der Waals surface area contributed by atoms with Gasteiger partial charge in [-0.2, -0.15) is 0 Å². The second-order valence-corrected chi connectivity index (χ2v) is 5.14. The summed E-state index contributed by atoms with van der Waals surface area (Å²) >= 11 is 3.46. The Kier molecular flexibility index (Phi) is 4.90. The SMILES string of the molecule is CCCNc1nc(-c2cncn2CCC)ncc1Br. The molecule has 0 spiro atoms. The van der Waals surface area contributed by atoms with E-state index in [0.29, 0.717) is 5.82 Å². The molecule has 0 atom stereocenters. The average Bonchev–Trinajstić information content (AvgIpc) is 2.87. The van der Waals surface area contributed by atoms with Gasteiger partial charge in [-0.1, -0.05) is 13.8 Å². The highest BCUT2D eigenvalue weighted by Gasteiger charge is 2.10. The van der Waals surface area contributed by atoms with Crippen molar-refractivity contribution in [1.29, 1.82) is 0 Å². The van der Waals surface area contributed by atoms with Crippen molar-refractivity contribution < 1.29 is 0 Å². The molecule has 2 heterocycles. The summed E-state index contributed by atoms with van der Waals surface area (Å²) in [4.78, 5) is 13.1. The van der Waals surface area contributed by atoms with Crippen LogP contribution in [0.3, 0.4) is 0 Å². The van der Waals surface area contributed by atoms with Gasteiger partial charge in [-0.15, -0.1) is 0 Å². The summed E-state index contributed by atoms with van der Waals surface area (Å²) < 4.78 is 2.96. The van der Waals surface area contributed by atoms with E-state index in [9.17, 15) is 0 Å². The fraction of sp³-hybridized carbons (Fsp3) is 0.462. The normalized spacial score (nSPS) is 10.7. The van der Waals surface area contributed by atoms with Gasteiger partial charge in [-0.25, -0.2) is 15.0 Å². The maximum atomic E-state index is 4.57. The first-order valence-corrected chi connectivity index (χ1v) is 7.32. The quantitative estimate of drug-likeness (QED) is 0.885. The smallest absolute Gasteiger partial charge is 0.179 e. The van der Waals surface area contributed by atoms with Gasteiger partial charge in [0.15, 0.2) is 5.82 Å². The summed E-state index contributed by atoms with van der Waals surface area (Å²) in [6, 6.07) is 0. The minimum absolute atomic E-state index is 0.702. The molecule has 0 aliphatic carbocycles. The van der Waals surface area contributed by atoms with Crippen LogP contribution in [0.2, 0.25) is 0 Å². The second-order valence-electron chi connectivity index (χ2n) is 4.29. The summed E-state index contributed by atoms with van der Waals surface area (Å²) in [5.74, 6) is 1.53. The molecule has 0 saturated heterocycles. The Morgan fingerprint density at radius 1 is 1.26 bits per heavy atom. The van der Waals surface area contributed by atoms with Crippen LogP contribution in [-0.4, -0.2) is 26.1 Å². The van der Waals surface area contributed by atoms with E-state index < -0.39 is 0 Å². The van der Waals surface area contributed by atoms with E-state index in [1.807, 2.05) is 12.5 Å². The molecule has 2 rings (SSSR count). The van der Waals surface area contributed by atoms with E-state index in [-0.39, 0.29) is 0 Å². The number of nitrogens with zero attached hydrogens (tertiary/aromatic N) is 4. The van der Waals surface area contributed by atoms with Crippen molar-refractivity contribution >= 4 is 21.7 Å². The lowest BCUT2D eigenvalue weighted by Crippen LogP contribution is -2.06. The topological polar surface area (TPSA) is 55.6 Å². The number of halogens is 1. The van der Waals surface area contributed by atoms with Crippen LogP contribution in [0.4, 0.5) is 5.82 Å². The largest absolute Gasteiger partial charge is 0.369 e. The maximum Gasteiger partial charge on any atom is 0.179 e. The first-order valence-electron chi connectivity index (χ1n) is 6.53. The van der Waals surface area contributed by atoms with Crippen LogP contribution in [0.25, 0.3) is 11.5 Å². The molecule has 1 N–H and O–H groups in total. The monoisotopic (exact) mass is 323 g/mol. The van der Waals surface area contributed by atoms with Crippen LogP contribution < -0.4 is 5.32 Å². The van der Waals surface area contributed by atoms with Gasteiger partial charge >= 0.3 is 0 Å². The van der Waals surface area contributed by atoms with E-state index in [1.165, 1.54) is 0 Å². The zero-order valence-corrected chi connectivity index (χ0v) is 12.8. The number of rotatable bonds is 6. The van der Waals surface area contributed by atoms with Crippen molar-refractivity contribution in [2.75, 3.05) is 11.9 Å². The van der Waals surface area contributed by atoms with Crippen LogP contribution in [0.15, 0.2) is 23.2 Å². The third-order valence-corrected chi connectivity index (χ3v) is 3.27. The van der Waals surface area contributed by atoms with Crippen molar-refractivity contribution in [3.8, 4) is 11.5 Å². The summed E-state index contributed by atoms with van der Waals surface area (Å²) in [7, 11) is 0. The molecule has 0 aliphatic heterocycles. The fourth-order valence-electron chi connectivity index (χ4n) is 1.78. The van der Waals surface area contributed by atoms with Gasteiger partial charge in [0.25, 0.3) is 0 Å². The Bertz CT molecular complexity index is 538. The Labute approximate surface area is 121 Å². The molecule has 0 amide bonds. The highest BCUT2D eigenvalue weighted by atomic mass is 79.9. The van der Waals surface area contributed by atoms with Gasteiger partial charge in [-0.05, 0) is 28.8 Å². The predicted molar refractivity (Wildman–Crippen MR) is 80.0 cm³/mol. The zero-order valence-electron chi connectivity index (χ0n) is 11.2. The molecule has 2 aromatic rings. The Balaban J connectivity index is 2.31. The summed E-state index contributed by atoms with van der Waals surface area (Å²) in [5, 5.41) is 3.29. The van der Waals surface area contributed by atoms with Crippen molar-refractivity contribution in [3.05, 3.63) is 23.2 Å². The molecule has 102 valence electrons. The zero-order chi connectivity index (χ0) is 13.7. The molecule has 0 unspecified atom stereocenters. The van der Waals surface area contributed by atoms with Gasteiger partial charge < -0.3 is 9.88 Å². The highest BCUT2D eigenvalue weighted by molar-refractivity contribution is 9.10. The lowest BCUT2D eigenvalue weighted by molar-refractivity contribution is 0.681. The standard InChI is InChI=1S/C13H18BrN5/c1-3-5-16-12-10(14)7-17-13(18-12)11-8-15-9-19(11)6-4-2/h7-9H,3-6H2,1-2H3,(H,16,17,18). The number of hydrogen-bond acceptors (Lipinski definition) is 4. The molecule has 0 fully saturated rings. The highest BCUT2D eigenvalue weighted by Crippen LogP contribution is 2.23. The second kappa shape index (κ2) is 6.65. The van der Waals surface area contributed by atoms with Crippen molar-refractivity contribution in [2.45, 2.75) is 33.2 Å². The molecule has 19 heavy (non-hydrogen) atoms. The molecule has 0 aromatic carbocycles. The van der Waals surface area contributed by atoms with Gasteiger partial charge in [-0.3, -0.25) is 0 Å². The van der Waals surface area contributed by atoms with E-state index in [2.05, 4.69) is 54.6 Å². The van der Waals surface area contributed by atoms with Crippen molar-refractivity contribution in [3.63, 3.8) is 0 Å². The van der Waals surface area contributed by atoms with Crippen LogP contribution in [-0.2, 0) is 6.54 Å². The molecular formula is C13H18BrN5. The number of anilines is 1. The minimum Gasteiger partial charge on any atom is -0.369 e. The summed E-state index contributed by atoms with van der Waals surface area (Å²) in [6.07, 6.45) is 7.52. The fourth-order valence-corrected chi connectivity index (χ4v) is 2.12. The van der Waals surface area contributed by atoms with Crippen LogP contribution in [0.1, 0.15) is 26.7 Å². The van der Waals surface area contributed by atoms with Crippen LogP contribution in [0.5, 0.6) is 0 Å². The van der Waals surface area contributed by atoms with Crippen LogP contribution in [0, 0.1) is 0 Å². The number of aryl methyl sites for hydroxylation is 1. The number of imidazole rings is 1. The third kappa shape index (κ3) is 3.32. The summed E-state index contributed by atoms with van der Waals surface area (Å²) in [5.41, 5.74) is 0.953. The summed E-state index contributed by atoms with van der Waals surface area (Å²) in [6.45, 7) is 6.08. The molecule has 0 radical (unpaired) electrons. The van der Waals surface area contributed by atoms with Crippen molar-refractivity contribution in [1.82, 2.24) is 19.5 Å². The molecule has 2 aromatic heterocycles. The molecule has 6 heteroatoms. The lowest BCUT2D eigenvalue weighted by atomic mass is 10.4. The number of hydrogen-bond donors (Lipinski definition) is 1. The molecular weight excluding hydrogens is 306 g/mol. The Morgan fingerprint density at radius 3 is 2.84 bits per heavy atom. The molecule has 0 bridgehead atoms. The number of aromatic nitrogens is 4. The lowest BCUT2D eigenvalue weighted by Gasteiger charge is -2.09. The van der Waals surface area contributed by atoms with Crippen LogP contribution >= 0.6 is 15.9 Å². The molecule has 0 saturated carbocycles. The van der Waals surface area contributed by atoms with E-state index >= 15 is 0 Å². The third-order valence-electron chi connectivity index (χ3n) is 2.69. The van der Waals surface area contributed by atoms with Gasteiger partial charge in [0.2, 0.25) is 0 Å². The van der Waals surface area contributed by atoms with Crippen molar-refractivity contribution in [2.24, 2.45) is 0 Å². The van der Waals surface area contributed by atoms with Gasteiger partial charge in [0.05, 0.1) is 17.0 Å². The minimum atomic E-state index is 0.702. The Morgan fingerprint density at radius 2 is 2.11 bits per heavy atom. The molecule has 5 nitrogen and oxygen atoms in total. The number of nitrogens with one attached hydrogen (secondary N) is 1. The van der Waals surface area contributed by atoms with E-state index in [1.54, 1.807) is 6.20 Å². The Hall–Kier alpha value is -1.43. The first kappa shape index (κ1) is 14.0. The average molecular weight is 324 g/mol. The first-order chi connectivity index (χ1) is 9.26. The van der Waals surface area contributed by atoms with Gasteiger partial charge in [0.1, 0.15) is 11.5 Å². The predicted octanol–water partition coefficient (Wildman–Crippen LogP) is 3.33. The maximum absolute atomic E-state index is 4.57. The molecule has 0 aliphatic rings. The van der Waals surface area contributed by atoms with E-state index in [4.69, 9.17) is 0 Å².